The molecule has 2 aromatic carbocycles. The van der Waals surface area contributed by atoms with Crippen LogP contribution in [0.15, 0.2) is 66.7 Å². The first-order chi connectivity index (χ1) is 13.7. The van der Waals surface area contributed by atoms with Crippen LogP contribution in [0.2, 0.25) is 0 Å². The summed E-state index contributed by atoms with van der Waals surface area (Å²) in [7, 11) is 0. The monoisotopic (exact) mass is 377 g/mol. The van der Waals surface area contributed by atoms with E-state index in [-0.39, 0.29) is 5.91 Å². The average molecular weight is 377 g/mol. The molecule has 0 saturated carbocycles. The van der Waals surface area contributed by atoms with E-state index in [0.29, 0.717) is 13.1 Å². The third-order valence-electron chi connectivity index (χ3n) is 4.60. The van der Waals surface area contributed by atoms with E-state index in [9.17, 15) is 9.59 Å². The van der Waals surface area contributed by atoms with Gasteiger partial charge in [-0.1, -0.05) is 42.5 Å². The SMILES string of the molecule is O=C(C=Cc1ccc(C=CC(=O)N2CCN(c3ccccc3)CC2)cc1)NO. The van der Waals surface area contributed by atoms with E-state index < -0.39 is 5.91 Å². The Labute approximate surface area is 164 Å². The van der Waals surface area contributed by atoms with Gasteiger partial charge in [0.25, 0.3) is 5.91 Å². The maximum absolute atomic E-state index is 12.4. The van der Waals surface area contributed by atoms with E-state index in [2.05, 4.69) is 17.0 Å². The van der Waals surface area contributed by atoms with Gasteiger partial charge in [0, 0.05) is 44.0 Å². The fourth-order valence-electron chi connectivity index (χ4n) is 3.02. The number of anilines is 1. The summed E-state index contributed by atoms with van der Waals surface area (Å²) in [5.41, 5.74) is 4.46. The van der Waals surface area contributed by atoms with E-state index in [0.717, 1.165) is 24.2 Å². The van der Waals surface area contributed by atoms with Crippen LogP contribution in [0.5, 0.6) is 0 Å². The average Bonchev–Trinajstić information content (AvgIpc) is 2.77. The summed E-state index contributed by atoms with van der Waals surface area (Å²) in [6, 6.07) is 17.6. The van der Waals surface area contributed by atoms with Crippen LogP contribution >= 0.6 is 0 Å². The van der Waals surface area contributed by atoms with E-state index in [1.165, 1.54) is 11.8 Å². The van der Waals surface area contributed by atoms with Crippen LogP contribution in [0.4, 0.5) is 5.69 Å². The van der Waals surface area contributed by atoms with Gasteiger partial charge in [-0.2, -0.15) is 0 Å². The standard InChI is InChI=1S/C22H23N3O3/c26-21(23-28)12-10-18-6-8-19(9-7-18)11-13-22(27)25-16-14-24(15-17-25)20-4-2-1-3-5-20/h1-13,28H,14-17H2,(H,23,26). The lowest BCUT2D eigenvalue weighted by atomic mass is 10.1. The molecule has 1 saturated heterocycles. The first-order valence-electron chi connectivity index (χ1n) is 9.15. The molecule has 0 aromatic heterocycles. The van der Waals surface area contributed by atoms with Gasteiger partial charge in [0.15, 0.2) is 0 Å². The Bertz CT molecular complexity index is 852. The first kappa shape index (κ1) is 19.4. The van der Waals surface area contributed by atoms with Gasteiger partial charge in [0.2, 0.25) is 5.91 Å². The zero-order valence-electron chi connectivity index (χ0n) is 15.5. The number of rotatable bonds is 5. The maximum atomic E-state index is 12.4. The number of para-hydroxylation sites is 1. The first-order valence-corrected chi connectivity index (χ1v) is 9.15. The van der Waals surface area contributed by atoms with E-state index in [4.69, 9.17) is 5.21 Å². The molecule has 1 heterocycles. The normalized spacial score (nSPS) is 14.6. The fourth-order valence-corrected chi connectivity index (χ4v) is 3.02. The van der Waals surface area contributed by atoms with Crippen LogP contribution in [0.3, 0.4) is 0 Å². The molecule has 2 N–H and O–H groups in total. The van der Waals surface area contributed by atoms with E-state index in [1.54, 1.807) is 23.7 Å². The summed E-state index contributed by atoms with van der Waals surface area (Å²) in [5.74, 6) is -0.571. The molecule has 144 valence electrons. The Morgan fingerprint density at radius 1 is 0.821 bits per heavy atom. The van der Waals surface area contributed by atoms with Crippen LogP contribution in [0.25, 0.3) is 12.2 Å². The predicted molar refractivity (Wildman–Crippen MR) is 110 cm³/mol. The summed E-state index contributed by atoms with van der Waals surface area (Å²) >= 11 is 0. The number of carbonyl (C=O) groups excluding carboxylic acids is 2. The van der Waals surface area contributed by atoms with Gasteiger partial charge >= 0.3 is 0 Å². The van der Waals surface area contributed by atoms with E-state index >= 15 is 0 Å². The highest BCUT2D eigenvalue weighted by molar-refractivity contribution is 5.92. The summed E-state index contributed by atoms with van der Waals surface area (Å²) < 4.78 is 0. The Kier molecular flexibility index (Phi) is 6.59. The minimum atomic E-state index is -0.582. The molecule has 1 fully saturated rings. The second-order valence-corrected chi connectivity index (χ2v) is 6.46. The molecule has 2 aromatic rings. The van der Waals surface area contributed by atoms with Crippen molar-refractivity contribution in [3.63, 3.8) is 0 Å². The molecule has 0 unspecified atom stereocenters. The number of hydroxylamine groups is 1. The molecule has 6 heteroatoms. The third-order valence-corrected chi connectivity index (χ3v) is 4.60. The lowest BCUT2D eigenvalue weighted by Gasteiger charge is -2.35. The highest BCUT2D eigenvalue weighted by atomic mass is 16.5. The highest BCUT2D eigenvalue weighted by Crippen LogP contribution is 2.16. The topological polar surface area (TPSA) is 72.9 Å². The van der Waals surface area contributed by atoms with Crippen molar-refractivity contribution in [1.29, 1.82) is 0 Å². The molecule has 0 atom stereocenters. The smallest absolute Gasteiger partial charge is 0.267 e. The summed E-state index contributed by atoms with van der Waals surface area (Å²) in [5, 5.41) is 8.46. The number of piperazine rings is 1. The lowest BCUT2D eigenvalue weighted by Crippen LogP contribution is -2.48. The minimum Gasteiger partial charge on any atom is -0.368 e. The Balaban J connectivity index is 1.51. The third kappa shape index (κ3) is 5.31. The largest absolute Gasteiger partial charge is 0.368 e. The van der Waals surface area contributed by atoms with Gasteiger partial charge in [-0.15, -0.1) is 0 Å². The number of carbonyl (C=O) groups is 2. The molecule has 0 bridgehead atoms. The van der Waals surface area contributed by atoms with Crippen molar-refractivity contribution < 1.29 is 14.8 Å². The van der Waals surface area contributed by atoms with Crippen molar-refractivity contribution in [2.75, 3.05) is 31.1 Å². The Morgan fingerprint density at radius 3 is 1.96 bits per heavy atom. The number of benzene rings is 2. The van der Waals surface area contributed by atoms with Crippen molar-refractivity contribution in [3.05, 3.63) is 77.9 Å². The fraction of sp³-hybridized carbons (Fsp3) is 0.182. The predicted octanol–water partition coefficient (Wildman–Crippen LogP) is 2.57. The zero-order valence-corrected chi connectivity index (χ0v) is 15.5. The van der Waals surface area contributed by atoms with Crippen molar-refractivity contribution in [3.8, 4) is 0 Å². The molecule has 6 nitrogen and oxygen atoms in total. The van der Waals surface area contributed by atoms with Gasteiger partial charge in [0.1, 0.15) is 0 Å². The van der Waals surface area contributed by atoms with Crippen LogP contribution in [0.1, 0.15) is 11.1 Å². The molecule has 2 amide bonds. The van der Waals surface area contributed by atoms with Gasteiger partial charge in [-0.05, 0) is 35.4 Å². The zero-order chi connectivity index (χ0) is 19.8. The highest BCUT2D eigenvalue weighted by Gasteiger charge is 2.19. The van der Waals surface area contributed by atoms with Crippen LogP contribution in [-0.4, -0.2) is 48.1 Å². The lowest BCUT2D eigenvalue weighted by molar-refractivity contribution is -0.126. The van der Waals surface area contributed by atoms with Gasteiger partial charge in [-0.3, -0.25) is 14.8 Å². The summed E-state index contributed by atoms with van der Waals surface area (Å²) in [4.78, 5) is 27.6. The molecule has 0 radical (unpaired) electrons. The number of hydrogen-bond donors (Lipinski definition) is 2. The molecule has 0 spiro atoms. The minimum absolute atomic E-state index is 0.0105. The van der Waals surface area contributed by atoms with Crippen molar-refractivity contribution >= 4 is 29.7 Å². The molecule has 1 aliphatic rings. The summed E-state index contributed by atoms with van der Waals surface area (Å²) in [6.07, 6.45) is 6.22. The second kappa shape index (κ2) is 9.53. The molecule has 0 aliphatic carbocycles. The van der Waals surface area contributed by atoms with E-state index in [1.807, 2.05) is 47.4 Å². The van der Waals surface area contributed by atoms with Gasteiger partial charge in [-0.25, -0.2) is 5.48 Å². The number of hydrogen-bond acceptors (Lipinski definition) is 4. The molecule has 3 rings (SSSR count). The summed E-state index contributed by atoms with van der Waals surface area (Å²) in [6.45, 7) is 3.06. The number of nitrogens with one attached hydrogen (secondary N) is 1. The molecule has 1 aliphatic heterocycles. The Morgan fingerprint density at radius 2 is 1.39 bits per heavy atom. The number of amides is 2. The Hall–Kier alpha value is -3.38. The molecule has 28 heavy (non-hydrogen) atoms. The molecular weight excluding hydrogens is 354 g/mol. The maximum Gasteiger partial charge on any atom is 0.267 e. The number of nitrogens with zero attached hydrogens (tertiary/aromatic N) is 2. The second-order valence-electron chi connectivity index (χ2n) is 6.46. The van der Waals surface area contributed by atoms with Crippen LogP contribution in [0, 0.1) is 0 Å². The van der Waals surface area contributed by atoms with Gasteiger partial charge < -0.3 is 9.80 Å². The van der Waals surface area contributed by atoms with Crippen LogP contribution < -0.4 is 10.4 Å². The quantitative estimate of drug-likeness (QED) is 0.477. The van der Waals surface area contributed by atoms with Gasteiger partial charge in [0.05, 0.1) is 0 Å². The van der Waals surface area contributed by atoms with Crippen molar-refractivity contribution in [1.82, 2.24) is 10.4 Å². The van der Waals surface area contributed by atoms with Crippen molar-refractivity contribution in [2.45, 2.75) is 0 Å². The molecular formula is C22H23N3O3. The van der Waals surface area contributed by atoms with Crippen molar-refractivity contribution in [2.24, 2.45) is 0 Å². The van der Waals surface area contributed by atoms with Crippen LogP contribution in [-0.2, 0) is 9.59 Å².